The molecule has 114 valence electrons. The first kappa shape index (κ1) is 16.8. The van der Waals surface area contributed by atoms with E-state index in [1.54, 1.807) is 13.8 Å². The van der Waals surface area contributed by atoms with Crippen LogP contribution < -0.4 is 0 Å². The van der Waals surface area contributed by atoms with Crippen LogP contribution in [-0.2, 0) is 18.5 Å². The molecule has 0 amide bonds. The highest BCUT2D eigenvalue weighted by molar-refractivity contribution is 8.33. The largest absolute Gasteiger partial charge is 0.523 e. The van der Waals surface area contributed by atoms with Crippen LogP contribution in [0.3, 0.4) is 0 Å². The van der Waals surface area contributed by atoms with Crippen molar-refractivity contribution in [2.45, 2.75) is 32.2 Å². The third-order valence-corrected chi connectivity index (χ3v) is 8.16. The molecule has 0 radical (unpaired) electrons. The minimum atomic E-state index is -5.63. The monoisotopic (exact) mass is 322 g/mol. The van der Waals surface area contributed by atoms with Crippen LogP contribution in [-0.4, -0.2) is 37.0 Å². The molecule has 1 rings (SSSR count). The molecule has 0 bridgehead atoms. The van der Waals surface area contributed by atoms with Crippen LogP contribution in [0, 0.1) is 5.92 Å². The fourth-order valence-electron chi connectivity index (χ4n) is 1.72. The number of hydrogen-bond donors (Lipinski definition) is 0. The molecular weight excluding hydrogens is 305 g/mol. The van der Waals surface area contributed by atoms with Crippen LogP contribution in [0.5, 0.6) is 0 Å². The first-order valence-corrected chi connectivity index (χ1v) is 9.28. The van der Waals surface area contributed by atoms with E-state index in [9.17, 15) is 26.4 Å². The van der Waals surface area contributed by atoms with E-state index in [0.717, 1.165) is 0 Å². The van der Waals surface area contributed by atoms with Crippen molar-refractivity contribution in [1.82, 2.24) is 0 Å². The van der Waals surface area contributed by atoms with Crippen LogP contribution >= 0.6 is 10.3 Å². The molecule has 0 saturated carbocycles. The summed E-state index contributed by atoms with van der Waals surface area (Å²) in [5.74, 6) is -0.335. The first-order valence-electron chi connectivity index (χ1n) is 5.80. The third-order valence-electron chi connectivity index (χ3n) is 2.85. The number of alkyl halides is 3. The summed E-state index contributed by atoms with van der Waals surface area (Å²) in [6.07, 6.45) is 1.18. The number of carbonyl (C=O) groups excluding carboxylic acids is 1. The van der Waals surface area contributed by atoms with Gasteiger partial charge in [0.25, 0.3) is 0 Å². The van der Waals surface area contributed by atoms with Gasteiger partial charge >= 0.3 is 15.6 Å². The maximum atomic E-state index is 12.4. The SMILES string of the molecule is CC(C)C(=O)CS1(OS(=O)(=O)C(F)(F)F)CCCC1. The molecule has 0 aromatic rings. The van der Waals surface area contributed by atoms with Crippen LogP contribution in [0.25, 0.3) is 0 Å². The van der Waals surface area contributed by atoms with E-state index in [1.165, 1.54) is 0 Å². The molecule has 0 aromatic heterocycles. The second-order valence-corrected chi connectivity index (χ2v) is 9.77. The molecule has 0 atom stereocenters. The molecule has 0 spiro atoms. The van der Waals surface area contributed by atoms with Gasteiger partial charge in [-0.25, -0.2) is 3.63 Å². The van der Waals surface area contributed by atoms with Crippen molar-refractivity contribution in [3.8, 4) is 0 Å². The number of halogens is 3. The Bertz CT molecular complexity index is 436. The number of Topliss-reactive ketones (excluding diaryl/α,β-unsaturated/α-hetero) is 1. The number of rotatable bonds is 5. The summed E-state index contributed by atoms with van der Waals surface area (Å²) in [5, 5.41) is 0. The van der Waals surface area contributed by atoms with Crippen molar-refractivity contribution in [3.05, 3.63) is 0 Å². The Morgan fingerprint density at radius 3 is 2.11 bits per heavy atom. The van der Waals surface area contributed by atoms with Crippen LogP contribution in [0.2, 0.25) is 0 Å². The lowest BCUT2D eigenvalue weighted by Gasteiger charge is -2.33. The second kappa shape index (κ2) is 5.61. The van der Waals surface area contributed by atoms with E-state index in [0.29, 0.717) is 12.8 Å². The predicted molar refractivity (Wildman–Crippen MR) is 67.3 cm³/mol. The van der Waals surface area contributed by atoms with E-state index in [2.05, 4.69) is 3.63 Å². The van der Waals surface area contributed by atoms with Crippen molar-refractivity contribution >= 4 is 26.2 Å². The molecule has 1 aliphatic heterocycles. The standard InChI is InChI=1S/C10H17F3O4S2/c1-8(2)9(14)7-18(5-3-4-6-18)17-19(15,16)10(11,12)13/h8H,3-7H2,1-2H3. The Morgan fingerprint density at radius 1 is 1.26 bits per heavy atom. The fourth-order valence-corrected chi connectivity index (χ4v) is 7.09. The molecule has 1 fully saturated rings. The van der Waals surface area contributed by atoms with E-state index < -0.39 is 25.9 Å². The van der Waals surface area contributed by atoms with E-state index in [1.807, 2.05) is 0 Å². The Morgan fingerprint density at radius 2 is 1.74 bits per heavy atom. The highest BCUT2D eigenvalue weighted by Crippen LogP contribution is 2.57. The molecular formula is C10H17F3O4S2. The number of hydrogen-bond acceptors (Lipinski definition) is 4. The average Bonchev–Trinajstić information content (AvgIpc) is 2.63. The van der Waals surface area contributed by atoms with Gasteiger partial charge in [0.05, 0.1) is 5.75 Å². The lowest BCUT2D eigenvalue weighted by molar-refractivity contribution is -0.119. The van der Waals surface area contributed by atoms with Gasteiger partial charge in [-0.05, 0) is 12.8 Å². The minimum Gasteiger partial charge on any atom is -0.298 e. The summed E-state index contributed by atoms with van der Waals surface area (Å²) in [6, 6.07) is 0. The highest BCUT2D eigenvalue weighted by Gasteiger charge is 2.51. The third kappa shape index (κ3) is 4.09. The molecule has 1 aliphatic rings. The van der Waals surface area contributed by atoms with Gasteiger partial charge in [-0.2, -0.15) is 21.6 Å². The molecule has 0 N–H and O–H groups in total. The van der Waals surface area contributed by atoms with E-state index >= 15 is 0 Å². The number of ketones is 1. The smallest absolute Gasteiger partial charge is 0.298 e. The zero-order valence-electron chi connectivity index (χ0n) is 10.7. The van der Waals surface area contributed by atoms with Crippen LogP contribution in [0.15, 0.2) is 0 Å². The maximum absolute atomic E-state index is 12.4. The molecule has 0 aromatic carbocycles. The van der Waals surface area contributed by atoms with Crippen molar-refractivity contribution in [2.24, 2.45) is 5.92 Å². The normalized spacial score (nSPS) is 21.6. The quantitative estimate of drug-likeness (QED) is 0.730. The molecule has 19 heavy (non-hydrogen) atoms. The summed E-state index contributed by atoms with van der Waals surface area (Å²) in [5.41, 5.74) is -5.43. The van der Waals surface area contributed by atoms with Crippen LogP contribution in [0.1, 0.15) is 26.7 Å². The first-order chi connectivity index (χ1) is 8.49. The van der Waals surface area contributed by atoms with Gasteiger partial charge in [0.1, 0.15) is 5.78 Å². The van der Waals surface area contributed by atoms with Crippen molar-refractivity contribution < 1.29 is 30.0 Å². The summed E-state index contributed by atoms with van der Waals surface area (Å²) in [6.45, 7) is 3.26. The van der Waals surface area contributed by atoms with Gasteiger partial charge in [-0.15, -0.1) is 10.3 Å². The van der Waals surface area contributed by atoms with Gasteiger partial charge in [-0.1, -0.05) is 13.8 Å². The predicted octanol–water partition coefficient (Wildman–Crippen LogP) is 2.59. The van der Waals surface area contributed by atoms with Crippen molar-refractivity contribution in [3.63, 3.8) is 0 Å². The summed E-state index contributed by atoms with van der Waals surface area (Å²) in [4.78, 5) is 11.7. The summed E-state index contributed by atoms with van der Waals surface area (Å²) >= 11 is 0. The van der Waals surface area contributed by atoms with Gasteiger partial charge in [0, 0.05) is 17.4 Å². The summed E-state index contributed by atoms with van der Waals surface area (Å²) in [7, 11) is -8.13. The van der Waals surface area contributed by atoms with Gasteiger partial charge in [0.2, 0.25) is 0 Å². The second-order valence-electron chi connectivity index (χ2n) is 4.81. The fraction of sp³-hybridized carbons (Fsp3) is 0.900. The van der Waals surface area contributed by atoms with Gasteiger partial charge in [-0.3, -0.25) is 4.79 Å². The molecule has 0 unspecified atom stereocenters. The Kier molecular flexibility index (Phi) is 4.95. The average molecular weight is 322 g/mol. The zero-order chi connectivity index (χ0) is 14.9. The highest BCUT2D eigenvalue weighted by atomic mass is 32.3. The molecule has 1 saturated heterocycles. The van der Waals surface area contributed by atoms with Crippen molar-refractivity contribution in [1.29, 1.82) is 0 Å². The Balaban J connectivity index is 2.93. The Labute approximate surface area is 112 Å². The number of carbonyl (C=O) groups is 1. The lowest BCUT2D eigenvalue weighted by Crippen LogP contribution is -2.30. The lowest BCUT2D eigenvalue weighted by atomic mass is 10.1. The Hall–Kier alpha value is -0.280. The van der Waals surface area contributed by atoms with Gasteiger partial charge < -0.3 is 0 Å². The van der Waals surface area contributed by atoms with Crippen molar-refractivity contribution in [2.75, 3.05) is 17.3 Å². The van der Waals surface area contributed by atoms with Crippen LogP contribution in [0.4, 0.5) is 13.2 Å². The molecule has 0 aliphatic carbocycles. The molecule has 1 heterocycles. The van der Waals surface area contributed by atoms with E-state index in [4.69, 9.17) is 0 Å². The minimum absolute atomic E-state index is 0.208. The molecule has 4 nitrogen and oxygen atoms in total. The maximum Gasteiger partial charge on any atom is 0.523 e. The van der Waals surface area contributed by atoms with Gasteiger partial charge in [0.15, 0.2) is 0 Å². The zero-order valence-corrected chi connectivity index (χ0v) is 12.3. The summed E-state index contributed by atoms with van der Waals surface area (Å²) < 4.78 is 63.8. The topological polar surface area (TPSA) is 60.4 Å². The molecule has 9 heteroatoms. The van der Waals surface area contributed by atoms with E-state index in [-0.39, 0.29) is 29.0 Å².